The summed E-state index contributed by atoms with van der Waals surface area (Å²) in [6, 6.07) is 63.0. The van der Waals surface area contributed by atoms with Gasteiger partial charge >= 0.3 is 0 Å². The van der Waals surface area contributed by atoms with Gasteiger partial charge in [0.2, 0.25) is 0 Å². The van der Waals surface area contributed by atoms with Crippen LogP contribution >= 0.6 is 11.3 Å². The number of hydrogen-bond donors (Lipinski definition) is 0. The highest BCUT2D eigenvalue weighted by Gasteiger charge is 2.21. The van der Waals surface area contributed by atoms with Crippen LogP contribution in [-0.4, -0.2) is 14.5 Å². The van der Waals surface area contributed by atoms with Crippen molar-refractivity contribution in [1.29, 1.82) is 0 Å². The van der Waals surface area contributed by atoms with Crippen molar-refractivity contribution in [1.82, 2.24) is 14.5 Å². The Morgan fingerprint density at radius 2 is 0.942 bits per heavy atom. The molecule has 0 N–H and O–H groups in total. The van der Waals surface area contributed by atoms with Crippen LogP contribution in [0.4, 0.5) is 0 Å². The third-order valence-corrected chi connectivity index (χ3v) is 11.6. The molecule has 3 heterocycles. The second kappa shape index (κ2) is 11.5. The molecule has 0 aliphatic heterocycles. The molecular weight excluding hydrogens is 651 g/mol. The molecule has 0 aliphatic carbocycles. The average Bonchev–Trinajstić information content (AvgIpc) is 3.77. The molecule has 4 heteroatoms. The zero-order valence-corrected chi connectivity index (χ0v) is 28.8. The van der Waals surface area contributed by atoms with Gasteiger partial charge in [-0.2, -0.15) is 0 Å². The van der Waals surface area contributed by atoms with Crippen LogP contribution in [0.3, 0.4) is 0 Å². The summed E-state index contributed by atoms with van der Waals surface area (Å²) in [7, 11) is 0. The summed E-state index contributed by atoms with van der Waals surface area (Å²) in [5.74, 6) is 0.718. The number of rotatable bonds is 4. The number of aromatic nitrogens is 3. The quantitative estimate of drug-likeness (QED) is 0.185. The van der Waals surface area contributed by atoms with E-state index in [1.165, 1.54) is 63.5 Å². The summed E-state index contributed by atoms with van der Waals surface area (Å²) in [4.78, 5) is 10.7. The SMILES string of the molecule is c1ccc(-c2cc(-c3ccccc3)nc(-c3cc(-n4c5ccc6ccccc6c5c5c6ccccc6ccc54)cc4c3sc3ccccc34)n2)cc1. The molecule has 0 amide bonds. The Kier molecular flexibility index (Phi) is 6.42. The van der Waals surface area contributed by atoms with Crippen molar-refractivity contribution in [3.05, 3.63) is 176 Å². The molecule has 0 saturated heterocycles. The van der Waals surface area contributed by atoms with E-state index in [2.05, 4.69) is 168 Å². The van der Waals surface area contributed by atoms with Gasteiger partial charge in [-0.3, -0.25) is 0 Å². The molecule has 3 nitrogen and oxygen atoms in total. The van der Waals surface area contributed by atoms with Gasteiger partial charge in [0, 0.05) is 53.3 Å². The second-order valence-electron chi connectivity index (χ2n) is 13.4. The van der Waals surface area contributed by atoms with Crippen molar-refractivity contribution in [2.45, 2.75) is 0 Å². The monoisotopic (exact) mass is 679 g/mol. The van der Waals surface area contributed by atoms with Crippen LogP contribution in [0.15, 0.2) is 176 Å². The fourth-order valence-electron chi connectivity index (χ4n) is 8.01. The van der Waals surface area contributed by atoms with E-state index in [1.807, 2.05) is 23.5 Å². The first-order valence-corrected chi connectivity index (χ1v) is 18.4. The van der Waals surface area contributed by atoms with Crippen molar-refractivity contribution in [3.63, 3.8) is 0 Å². The first kappa shape index (κ1) is 29.1. The van der Waals surface area contributed by atoms with Gasteiger partial charge in [-0.15, -0.1) is 11.3 Å². The lowest BCUT2D eigenvalue weighted by Gasteiger charge is -2.14. The van der Waals surface area contributed by atoms with E-state index in [9.17, 15) is 0 Å². The van der Waals surface area contributed by atoms with Crippen LogP contribution in [0.25, 0.3) is 103 Å². The van der Waals surface area contributed by atoms with Gasteiger partial charge in [0.15, 0.2) is 5.82 Å². The number of thiophene rings is 1. The van der Waals surface area contributed by atoms with Gasteiger partial charge in [0.05, 0.1) is 22.4 Å². The molecule has 11 rings (SSSR count). The van der Waals surface area contributed by atoms with Gasteiger partial charge in [-0.1, -0.05) is 140 Å². The van der Waals surface area contributed by atoms with Crippen LogP contribution in [0.2, 0.25) is 0 Å². The summed E-state index contributed by atoms with van der Waals surface area (Å²) in [5, 5.41) is 9.99. The molecule has 0 radical (unpaired) electrons. The third kappa shape index (κ3) is 4.45. The van der Waals surface area contributed by atoms with E-state index in [1.54, 1.807) is 0 Å². The second-order valence-corrected chi connectivity index (χ2v) is 14.4. The Labute approximate surface area is 303 Å². The van der Waals surface area contributed by atoms with Crippen LogP contribution in [0, 0.1) is 0 Å². The third-order valence-electron chi connectivity index (χ3n) is 10.4. The molecule has 0 fully saturated rings. The molecule has 0 aliphatic rings. The minimum absolute atomic E-state index is 0.718. The van der Waals surface area contributed by atoms with E-state index in [0.29, 0.717) is 0 Å². The molecule has 8 aromatic carbocycles. The minimum Gasteiger partial charge on any atom is -0.309 e. The maximum absolute atomic E-state index is 5.33. The Hall–Kier alpha value is -6.62. The van der Waals surface area contributed by atoms with E-state index in [-0.39, 0.29) is 0 Å². The van der Waals surface area contributed by atoms with Crippen molar-refractivity contribution in [2.75, 3.05) is 0 Å². The maximum atomic E-state index is 5.33. The number of hydrogen-bond acceptors (Lipinski definition) is 3. The highest BCUT2D eigenvalue weighted by Crippen LogP contribution is 2.45. The highest BCUT2D eigenvalue weighted by molar-refractivity contribution is 7.26. The molecule has 52 heavy (non-hydrogen) atoms. The lowest BCUT2D eigenvalue weighted by molar-refractivity contribution is 1.17. The predicted octanol–water partition coefficient (Wildman–Crippen LogP) is 13.2. The fraction of sp³-hybridized carbons (Fsp3) is 0. The maximum Gasteiger partial charge on any atom is 0.161 e. The average molecular weight is 680 g/mol. The first-order valence-electron chi connectivity index (χ1n) is 17.6. The van der Waals surface area contributed by atoms with Gasteiger partial charge < -0.3 is 4.57 Å². The lowest BCUT2D eigenvalue weighted by Crippen LogP contribution is -1.99. The van der Waals surface area contributed by atoms with Crippen molar-refractivity contribution in [3.8, 4) is 39.6 Å². The van der Waals surface area contributed by atoms with E-state index in [4.69, 9.17) is 9.97 Å². The molecule has 11 aromatic rings. The zero-order valence-electron chi connectivity index (χ0n) is 28.0. The lowest BCUT2D eigenvalue weighted by atomic mass is 10.00. The van der Waals surface area contributed by atoms with Crippen LogP contribution < -0.4 is 0 Å². The highest BCUT2D eigenvalue weighted by atomic mass is 32.1. The molecule has 3 aromatic heterocycles. The summed E-state index contributed by atoms with van der Waals surface area (Å²) >= 11 is 1.81. The molecule has 0 bridgehead atoms. The van der Waals surface area contributed by atoms with Crippen LogP contribution in [0.1, 0.15) is 0 Å². The molecule has 242 valence electrons. The summed E-state index contributed by atoms with van der Waals surface area (Å²) in [5.41, 5.74) is 8.41. The Balaban J connectivity index is 1.28. The van der Waals surface area contributed by atoms with Crippen LogP contribution in [0.5, 0.6) is 0 Å². The Bertz CT molecular complexity index is 3020. The minimum atomic E-state index is 0.718. The van der Waals surface area contributed by atoms with Gasteiger partial charge in [0.25, 0.3) is 0 Å². The Morgan fingerprint density at radius 3 is 1.54 bits per heavy atom. The van der Waals surface area contributed by atoms with E-state index >= 15 is 0 Å². The largest absolute Gasteiger partial charge is 0.309 e. The predicted molar refractivity (Wildman–Crippen MR) is 221 cm³/mol. The van der Waals surface area contributed by atoms with Crippen molar-refractivity contribution >= 4 is 74.9 Å². The molecular formula is C48H29N3S. The standard InChI is InChI=1S/C48H29N3S/c1-3-15-32(16-4-1)40-29-41(33-17-5-2-6-18-33)50-48(49-40)39-28-34(27-38-37-21-11-12-22-44(37)52-47(38)39)51-42-25-23-30-13-7-9-19-35(30)45(42)46-36-20-10-8-14-31(36)24-26-43(46)51/h1-29H. The Morgan fingerprint density at radius 1 is 0.423 bits per heavy atom. The number of benzene rings is 8. The topological polar surface area (TPSA) is 30.7 Å². The molecule has 0 spiro atoms. The van der Waals surface area contributed by atoms with E-state index in [0.717, 1.165) is 39.6 Å². The zero-order chi connectivity index (χ0) is 34.2. The summed E-state index contributed by atoms with van der Waals surface area (Å²) < 4.78 is 4.89. The first-order chi connectivity index (χ1) is 25.8. The molecule has 0 unspecified atom stereocenters. The van der Waals surface area contributed by atoms with Crippen molar-refractivity contribution in [2.24, 2.45) is 0 Å². The van der Waals surface area contributed by atoms with Gasteiger partial charge in [-0.05, 0) is 57.9 Å². The van der Waals surface area contributed by atoms with Gasteiger partial charge in [0.1, 0.15) is 0 Å². The fourth-order valence-corrected chi connectivity index (χ4v) is 9.21. The molecule has 0 saturated carbocycles. The summed E-state index contributed by atoms with van der Waals surface area (Å²) in [6.07, 6.45) is 0. The number of fused-ring (bicyclic) bond motifs is 10. The van der Waals surface area contributed by atoms with E-state index < -0.39 is 0 Å². The smallest absolute Gasteiger partial charge is 0.161 e. The van der Waals surface area contributed by atoms with Crippen LogP contribution in [-0.2, 0) is 0 Å². The van der Waals surface area contributed by atoms with Gasteiger partial charge in [-0.25, -0.2) is 9.97 Å². The summed E-state index contributed by atoms with van der Waals surface area (Å²) in [6.45, 7) is 0. The molecule has 0 atom stereocenters. The number of nitrogens with zero attached hydrogens (tertiary/aromatic N) is 3. The van der Waals surface area contributed by atoms with Crippen molar-refractivity contribution < 1.29 is 0 Å². The normalized spacial score (nSPS) is 11.8.